The van der Waals surface area contributed by atoms with Crippen LogP contribution in [-0.4, -0.2) is 37.3 Å². The van der Waals surface area contributed by atoms with E-state index < -0.39 is 5.97 Å². The molecule has 0 aliphatic heterocycles. The number of rotatable bonds is 8. The summed E-state index contributed by atoms with van der Waals surface area (Å²) in [6.45, 7) is 4.68. The Kier molecular flexibility index (Phi) is 8.96. The number of anilines is 1. The van der Waals surface area contributed by atoms with Crippen molar-refractivity contribution >= 4 is 34.9 Å². The Morgan fingerprint density at radius 2 is 1.88 bits per heavy atom. The summed E-state index contributed by atoms with van der Waals surface area (Å²) in [4.78, 5) is 23.2. The third-order valence-electron chi connectivity index (χ3n) is 3.19. The molecule has 0 atom stereocenters. The quantitative estimate of drug-likeness (QED) is 0.425. The van der Waals surface area contributed by atoms with E-state index in [0.29, 0.717) is 12.5 Å². The first-order valence-corrected chi connectivity index (χ1v) is 8.19. The number of carbonyl (C=O) groups excluding carboxylic acids is 2. The number of nitrogens with one attached hydrogen (secondary N) is 2. The number of para-hydroxylation sites is 1. The van der Waals surface area contributed by atoms with Crippen LogP contribution in [0.3, 0.4) is 0 Å². The van der Waals surface area contributed by atoms with Crippen molar-refractivity contribution in [1.82, 2.24) is 5.32 Å². The predicted octanol–water partition coefficient (Wildman–Crippen LogP) is 2.59. The molecule has 0 fully saturated rings. The minimum Gasteiger partial charge on any atom is -0.463 e. The zero-order valence-electron chi connectivity index (χ0n) is 14.3. The molecule has 132 valence electrons. The number of esters is 1. The highest BCUT2D eigenvalue weighted by Crippen LogP contribution is 2.23. The summed E-state index contributed by atoms with van der Waals surface area (Å²) in [5.74, 6) is -0.446. The van der Waals surface area contributed by atoms with Crippen molar-refractivity contribution in [3.05, 3.63) is 29.8 Å². The van der Waals surface area contributed by atoms with Crippen molar-refractivity contribution < 1.29 is 19.1 Å². The van der Waals surface area contributed by atoms with Gasteiger partial charge in [0, 0.05) is 19.2 Å². The number of thiocarbonyl (C=S) groups is 1. The van der Waals surface area contributed by atoms with E-state index in [0.717, 1.165) is 11.3 Å². The summed E-state index contributed by atoms with van der Waals surface area (Å²) in [5, 5.41) is 5.79. The van der Waals surface area contributed by atoms with Gasteiger partial charge in [-0.25, -0.2) is 0 Å². The van der Waals surface area contributed by atoms with Crippen LogP contribution in [0.25, 0.3) is 0 Å². The van der Waals surface area contributed by atoms with Crippen LogP contribution in [0.1, 0.15) is 38.2 Å². The monoisotopic (exact) mass is 352 g/mol. The first kappa shape index (κ1) is 20.1. The van der Waals surface area contributed by atoms with Gasteiger partial charge in [-0.2, -0.15) is 0 Å². The number of hydrogen-bond acceptors (Lipinski definition) is 5. The molecule has 1 aromatic rings. The van der Waals surface area contributed by atoms with Gasteiger partial charge < -0.3 is 20.1 Å². The van der Waals surface area contributed by atoms with E-state index in [4.69, 9.17) is 21.7 Å². The first-order chi connectivity index (χ1) is 11.4. The molecular formula is C17H24N2O4S. The summed E-state index contributed by atoms with van der Waals surface area (Å²) < 4.78 is 9.65. The van der Waals surface area contributed by atoms with Crippen molar-refractivity contribution in [2.75, 3.05) is 25.6 Å². The molecule has 2 N–H and O–H groups in total. The average molecular weight is 352 g/mol. The van der Waals surface area contributed by atoms with Crippen LogP contribution < -0.4 is 10.6 Å². The zero-order valence-corrected chi connectivity index (χ0v) is 15.1. The fraction of sp³-hybridized carbons (Fsp3) is 0.471. The van der Waals surface area contributed by atoms with E-state index in [1.54, 1.807) is 0 Å². The average Bonchev–Trinajstić information content (AvgIpc) is 2.53. The largest absolute Gasteiger partial charge is 0.463 e. The molecule has 0 unspecified atom stereocenters. The van der Waals surface area contributed by atoms with E-state index in [1.165, 1.54) is 7.11 Å². The van der Waals surface area contributed by atoms with Crippen LogP contribution in [0.4, 0.5) is 5.69 Å². The van der Waals surface area contributed by atoms with Gasteiger partial charge in [0.2, 0.25) is 5.91 Å². The number of benzene rings is 1. The summed E-state index contributed by atoms with van der Waals surface area (Å²) in [6.07, 6.45) is 0.0141. The van der Waals surface area contributed by atoms with Crippen LogP contribution in [-0.2, 0) is 19.1 Å². The lowest BCUT2D eigenvalue weighted by Crippen LogP contribution is -2.34. The van der Waals surface area contributed by atoms with Crippen molar-refractivity contribution in [2.24, 2.45) is 0 Å². The van der Waals surface area contributed by atoms with E-state index in [1.807, 2.05) is 24.3 Å². The normalized spacial score (nSPS) is 10.3. The van der Waals surface area contributed by atoms with Crippen molar-refractivity contribution in [2.45, 2.75) is 32.6 Å². The standard InChI is InChI=1S/C17H24N2O4S/c1-12(2)13-6-4-5-7-14(13)18-17(24)19-15(20)8-9-16(21)23-11-10-22-3/h4-7,12H,8-11H2,1-3H3,(H2,18,19,20,24). The highest BCUT2D eigenvalue weighted by atomic mass is 32.1. The van der Waals surface area contributed by atoms with Crippen LogP contribution >= 0.6 is 12.2 Å². The number of carbonyl (C=O) groups is 2. The highest BCUT2D eigenvalue weighted by Gasteiger charge is 2.11. The third-order valence-corrected chi connectivity index (χ3v) is 3.39. The minimum atomic E-state index is -0.439. The maximum atomic E-state index is 11.8. The molecule has 0 aromatic heterocycles. The molecule has 0 saturated heterocycles. The second kappa shape index (κ2) is 10.7. The molecule has 24 heavy (non-hydrogen) atoms. The summed E-state index contributed by atoms with van der Waals surface area (Å²) in [5.41, 5.74) is 1.97. The number of ether oxygens (including phenoxy) is 2. The Bertz CT molecular complexity index is 575. The van der Waals surface area contributed by atoms with Crippen molar-refractivity contribution in [1.29, 1.82) is 0 Å². The Labute approximate surface area is 147 Å². The minimum absolute atomic E-state index is 0.000736. The predicted molar refractivity (Wildman–Crippen MR) is 97.0 cm³/mol. The maximum Gasteiger partial charge on any atom is 0.306 e. The van der Waals surface area contributed by atoms with Crippen molar-refractivity contribution in [3.63, 3.8) is 0 Å². The Morgan fingerprint density at radius 3 is 2.54 bits per heavy atom. The molecule has 0 bridgehead atoms. The van der Waals surface area contributed by atoms with Gasteiger partial charge in [-0.05, 0) is 29.8 Å². The van der Waals surface area contributed by atoms with Gasteiger partial charge in [0.05, 0.1) is 13.0 Å². The van der Waals surface area contributed by atoms with Gasteiger partial charge in [0.1, 0.15) is 6.61 Å². The van der Waals surface area contributed by atoms with E-state index in [9.17, 15) is 9.59 Å². The Balaban J connectivity index is 2.40. The maximum absolute atomic E-state index is 11.8. The number of hydrogen-bond donors (Lipinski definition) is 2. The van der Waals surface area contributed by atoms with E-state index >= 15 is 0 Å². The molecule has 0 radical (unpaired) electrons. The fourth-order valence-corrected chi connectivity index (χ4v) is 2.21. The van der Waals surface area contributed by atoms with Crippen LogP contribution in [0.2, 0.25) is 0 Å². The molecular weight excluding hydrogens is 328 g/mol. The molecule has 7 heteroatoms. The van der Waals surface area contributed by atoms with Gasteiger partial charge in [-0.15, -0.1) is 0 Å². The molecule has 0 aliphatic carbocycles. The van der Waals surface area contributed by atoms with Gasteiger partial charge >= 0.3 is 5.97 Å². The van der Waals surface area contributed by atoms with Crippen LogP contribution in [0, 0.1) is 0 Å². The van der Waals surface area contributed by atoms with E-state index in [2.05, 4.69) is 24.5 Å². The Morgan fingerprint density at radius 1 is 1.17 bits per heavy atom. The number of amides is 1. The van der Waals surface area contributed by atoms with Gasteiger partial charge in [-0.1, -0.05) is 32.0 Å². The summed E-state index contributed by atoms with van der Waals surface area (Å²) in [7, 11) is 1.52. The SMILES string of the molecule is COCCOC(=O)CCC(=O)NC(=S)Nc1ccccc1C(C)C. The molecule has 1 amide bonds. The van der Waals surface area contributed by atoms with Gasteiger partial charge in [-0.3, -0.25) is 9.59 Å². The second-order valence-corrected chi connectivity index (χ2v) is 5.87. The third kappa shape index (κ3) is 7.52. The lowest BCUT2D eigenvalue weighted by molar-refractivity contribution is -0.146. The molecule has 0 saturated carbocycles. The highest BCUT2D eigenvalue weighted by molar-refractivity contribution is 7.80. The molecule has 6 nitrogen and oxygen atoms in total. The Hall–Kier alpha value is -1.99. The fourth-order valence-electron chi connectivity index (χ4n) is 1.98. The van der Waals surface area contributed by atoms with Crippen LogP contribution in [0.15, 0.2) is 24.3 Å². The molecule has 0 aliphatic rings. The molecule has 1 aromatic carbocycles. The van der Waals surface area contributed by atoms with Crippen molar-refractivity contribution in [3.8, 4) is 0 Å². The number of methoxy groups -OCH3 is 1. The van der Waals surface area contributed by atoms with Gasteiger partial charge in [0.25, 0.3) is 0 Å². The molecule has 0 heterocycles. The topological polar surface area (TPSA) is 76.7 Å². The molecule has 0 spiro atoms. The smallest absolute Gasteiger partial charge is 0.306 e. The van der Waals surface area contributed by atoms with Crippen LogP contribution in [0.5, 0.6) is 0 Å². The zero-order chi connectivity index (χ0) is 17.9. The lowest BCUT2D eigenvalue weighted by atomic mass is 10.0. The molecule has 1 rings (SSSR count). The van der Waals surface area contributed by atoms with Gasteiger partial charge in [0.15, 0.2) is 5.11 Å². The summed E-state index contributed by atoms with van der Waals surface area (Å²) in [6, 6.07) is 7.76. The second-order valence-electron chi connectivity index (χ2n) is 5.46. The van der Waals surface area contributed by atoms with E-state index in [-0.39, 0.29) is 30.5 Å². The summed E-state index contributed by atoms with van der Waals surface area (Å²) >= 11 is 5.15. The first-order valence-electron chi connectivity index (χ1n) is 7.78. The lowest BCUT2D eigenvalue weighted by Gasteiger charge is -2.15.